The number of benzene rings is 2. The van der Waals surface area contributed by atoms with E-state index in [1.807, 2.05) is 61.5 Å². The van der Waals surface area contributed by atoms with Crippen molar-refractivity contribution in [2.24, 2.45) is 4.99 Å². The number of methoxy groups -OCH3 is 1. The van der Waals surface area contributed by atoms with Gasteiger partial charge >= 0.3 is 5.97 Å². The fraction of sp³-hybridized carbons (Fsp3) is 0.222. The van der Waals surface area contributed by atoms with Crippen molar-refractivity contribution in [1.82, 2.24) is 9.55 Å². The number of allylic oxidation sites excluding steroid dienone is 1. The lowest BCUT2D eigenvalue weighted by atomic mass is 9.96. The zero-order chi connectivity index (χ0) is 24.7. The molecule has 7 nitrogen and oxygen atoms in total. The second-order valence-corrected chi connectivity index (χ2v) is 9.29. The van der Waals surface area contributed by atoms with Crippen LogP contribution in [-0.2, 0) is 9.53 Å². The minimum Gasteiger partial charge on any atom is -0.497 e. The molecule has 0 aliphatic carbocycles. The van der Waals surface area contributed by atoms with E-state index in [2.05, 4.69) is 9.98 Å². The third kappa shape index (κ3) is 3.89. The second-order valence-electron chi connectivity index (χ2n) is 8.28. The summed E-state index contributed by atoms with van der Waals surface area (Å²) in [5.74, 6) is 0.214. The first-order valence-electron chi connectivity index (χ1n) is 11.3. The molecular formula is C27H25N3O4S. The predicted molar refractivity (Wildman–Crippen MR) is 136 cm³/mol. The van der Waals surface area contributed by atoms with E-state index in [4.69, 9.17) is 9.47 Å². The number of esters is 1. The molecule has 35 heavy (non-hydrogen) atoms. The average Bonchev–Trinajstić information content (AvgIpc) is 3.34. The van der Waals surface area contributed by atoms with E-state index in [0.717, 1.165) is 27.7 Å². The molecule has 5 rings (SSSR count). The summed E-state index contributed by atoms with van der Waals surface area (Å²) < 4.78 is 12.8. The Morgan fingerprint density at radius 1 is 1.17 bits per heavy atom. The van der Waals surface area contributed by atoms with Gasteiger partial charge in [0.25, 0.3) is 5.56 Å². The number of thiazole rings is 1. The van der Waals surface area contributed by atoms with E-state index in [1.54, 1.807) is 25.5 Å². The SMILES string of the molecule is CCOC(=O)C1=C(C)N=c2s/c(=C\c3c(C)[nH]c4ccccc34)c(=O)n2[C@H]1c1ccc(OC)cc1. The summed E-state index contributed by atoms with van der Waals surface area (Å²) in [6.07, 6.45) is 1.91. The van der Waals surface area contributed by atoms with Crippen molar-refractivity contribution in [3.8, 4) is 5.75 Å². The van der Waals surface area contributed by atoms with E-state index < -0.39 is 12.0 Å². The Hall–Kier alpha value is -3.91. The molecule has 178 valence electrons. The summed E-state index contributed by atoms with van der Waals surface area (Å²) in [6.45, 7) is 5.76. The summed E-state index contributed by atoms with van der Waals surface area (Å²) >= 11 is 1.32. The monoisotopic (exact) mass is 487 g/mol. The van der Waals surface area contributed by atoms with Crippen molar-refractivity contribution in [2.45, 2.75) is 26.8 Å². The average molecular weight is 488 g/mol. The number of fused-ring (bicyclic) bond motifs is 2. The molecule has 0 amide bonds. The normalized spacial score (nSPS) is 15.8. The molecule has 0 spiro atoms. The lowest BCUT2D eigenvalue weighted by Gasteiger charge is -2.24. The van der Waals surface area contributed by atoms with E-state index in [1.165, 1.54) is 11.3 Å². The van der Waals surface area contributed by atoms with E-state index in [0.29, 0.717) is 26.4 Å². The number of carbonyl (C=O) groups is 1. The van der Waals surface area contributed by atoms with E-state index >= 15 is 0 Å². The quantitative estimate of drug-likeness (QED) is 0.436. The Kier molecular flexibility index (Phi) is 5.90. The third-order valence-electron chi connectivity index (χ3n) is 6.17. The lowest BCUT2D eigenvalue weighted by molar-refractivity contribution is -0.139. The van der Waals surface area contributed by atoms with Crippen LogP contribution in [0.1, 0.15) is 36.7 Å². The fourth-order valence-corrected chi connectivity index (χ4v) is 5.54. The number of aryl methyl sites for hydroxylation is 1. The molecule has 1 N–H and O–H groups in total. The molecule has 3 heterocycles. The maximum Gasteiger partial charge on any atom is 0.338 e. The predicted octanol–water partition coefficient (Wildman–Crippen LogP) is 3.60. The van der Waals surface area contributed by atoms with Crippen molar-refractivity contribution in [2.75, 3.05) is 13.7 Å². The van der Waals surface area contributed by atoms with Gasteiger partial charge in [0.15, 0.2) is 4.80 Å². The number of H-pyrrole nitrogens is 1. The van der Waals surface area contributed by atoms with Gasteiger partial charge in [-0.25, -0.2) is 9.79 Å². The first-order chi connectivity index (χ1) is 16.9. The largest absolute Gasteiger partial charge is 0.497 e. The Morgan fingerprint density at radius 3 is 2.63 bits per heavy atom. The summed E-state index contributed by atoms with van der Waals surface area (Å²) in [4.78, 5) is 35.4. The molecule has 0 fully saturated rings. The van der Waals surface area contributed by atoms with Gasteiger partial charge in [0.2, 0.25) is 0 Å². The minimum atomic E-state index is -0.651. The third-order valence-corrected chi connectivity index (χ3v) is 7.15. The highest BCUT2D eigenvalue weighted by molar-refractivity contribution is 7.07. The molecule has 0 bridgehead atoms. The molecule has 0 radical (unpaired) electrons. The molecule has 2 aromatic carbocycles. The van der Waals surface area contributed by atoms with Crippen LogP contribution < -0.4 is 19.6 Å². The summed E-state index contributed by atoms with van der Waals surface area (Å²) in [5, 5.41) is 1.05. The van der Waals surface area contributed by atoms with Crippen LogP contribution in [0.4, 0.5) is 0 Å². The van der Waals surface area contributed by atoms with Crippen molar-refractivity contribution < 1.29 is 14.3 Å². The molecule has 8 heteroatoms. The van der Waals surface area contributed by atoms with Crippen LogP contribution >= 0.6 is 11.3 Å². The highest BCUT2D eigenvalue weighted by Crippen LogP contribution is 2.31. The topological polar surface area (TPSA) is 85.7 Å². The van der Waals surface area contributed by atoms with E-state index in [9.17, 15) is 9.59 Å². The standard InChI is InChI=1S/C27H25N3O4S/c1-5-34-26(32)23-16(3)29-27-30(24(23)17-10-12-18(33-4)13-11-17)25(31)22(35-27)14-20-15(2)28-21-9-7-6-8-19(20)21/h6-14,24,28H,5H2,1-4H3/b22-14-/t24-/m0/s1. The molecule has 1 atom stereocenters. The smallest absolute Gasteiger partial charge is 0.338 e. The van der Waals surface area contributed by atoms with Crippen molar-refractivity contribution in [1.29, 1.82) is 0 Å². The Morgan fingerprint density at radius 2 is 1.91 bits per heavy atom. The molecule has 0 saturated heterocycles. The maximum atomic E-state index is 13.8. The number of aromatic amines is 1. The zero-order valence-corrected chi connectivity index (χ0v) is 20.7. The number of hydrogen-bond donors (Lipinski definition) is 1. The molecule has 1 aliphatic rings. The maximum absolute atomic E-state index is 13.8. The number of para-hydroxylation sites is 1. The number of aromatic nitrogens is 2. The van der Waals surface area contributed by atoms with Gasteiger partial charge in [-0.15, -0.1) is 0 Å². The number of rotatable bonds is 5. The van der Waals surface area contributed by atoms with Gasteiger partial charge in [-0.3, -0.25) is 9.36 Å². The fourth-order valence-electron chi connectivity index (χ4n) is 4.51. The van der Waals surface area contributed by atoms with Gasteiger partial charge in [0.1, 0.15) is 5.75 Å². The second kappa shape index (κ2) is 9.03. The molecule has 2 aromatic heterocycles. The van der Waals surface area contributed by atoms with Crippen LogP contribution in [0, 0.1) is 6.92 Å². The number of hydrogen-bond acceptors (Lipinski definition) is 6. The number of nitrogens with zero attached hydrogens (tertiary/aromatic N) is 2. The van der Waals surface area contributed by atoms with Gasteiger partial charge in [-0.2, -0.15) is 0 Å². The molecule has 4 aromatic rings. The highest BCUT2D eigenvalue weighted by atomic mass is 32.1. The van der Waals surface area contributed by atoms with Gasteiger partial charge in [-0.1, -0.05) is 41.7 Å². The number of carbonyl (C=O) groups excluding carboxylic acids is 1. The molecule has 1 aliphatic heterocycles. The van der Waals surface area contributed by atoms with Crippen LogP contribution in [0.25, 0.3) is 17.0 Å². The summed E-state index contributed by atoms with van der Waals surface area (Å²) in [6, 6.07) is 14.7. The Bertz CT molecular complexity index is 1660. The van der Waals surface area contributed by atoms with Crippen molar-refractivity contribution in [3.05, 3.63) is 96.3 Å². The Labute approximate surface area is 205 Å². The minimum absolute atomic E-state index is 0.200. The number of nitrogens with one attached hydrogen (secondary N) is 1. The summed E-state index contributed by atoms with van der Waals surface area (Å²) in [7, 11) is 1.60. The van der Waals surface area contributed by atoms with Crippen LogP contribution in [0.15, 0.2) is 69.6 Å². The van der Waals surface area contributed by atoms with Crippen LogP contribution in [0.5, 0.6) is 5.75 Å². The molecule has 0 saturated carbocycles. The van der Waals surface area contributed by atoms with Crippen LogP contribution in [-0.4, -0.2) is 29.2 Å². The first-order valence-corrected chi connectivity index (χ1v) is 12.2. The Balaban J connectivity index is 1.75. The summed E-state index contributed by atoms with van der Waals surface area (Å²) in [5.41, 5.74) is 4.44. The highest BCUT2D eigenvalue weighted by Gasteiger charge is 2.33. The van der Waals surface area contributed by atoms with Gasteiger partial charge in [0, 0.05) is 22.2 Å². The molecule has 0 unspecified atom stereocenters. The van der Waals surface area contributed by atoms with Gasteiger partial charge in [-0.05, 0) is 50.6 Å². The van der Waals surface area contributed by atoms with Crippen LogP contribution in [0.2, 0.25) is 0 Å². The van der Waals surface area contributed by atoms with Crippen molar-refractivity contribution in [3.63, 3.8) is 0 Å². The van der Waals surface area contributed by atoms with Gasteiger partial charge < -0.3 is 14.5 Å². The zero-order valence-electron chi connectivity index (χ0n) is 19.9. The molecular weight excluding hydrogens is 462 g/mol. The first kappa shape index (κ1) is 22.9. The van der Waals surface area contributed by atoms with E-state index in [-0.39, 0.29) is 12.2 Å². The van der Waals surface area contributed by atoms with Gasteiger partial charge in [0.05, 0.1) is 35.6 Å². The van der Waals surface area contributed by atoms with Crippen molar-refractivity contribution >= 4 is 34.3 Å². The lowest BCUT2D eigenvalue weighted by Crippen LogP contribution is -2.39. The van der Waals surface area contributed by atoms with Crippen LogP contribution in [0.3, 0.4) is 0 Å². The number of ether oxygens (including phenoxy) is 2.